The molecule has 88 valence electrons. The van der Waals surface area contributed by atoms with Crippen LogP contribution in [0.25, 0.3) is 0 Å². The number of rotatable bonds is 4. The van der Waals surface area contributed by atoms with Gasteiger partial charge in [0.1, 0.15) is 0 Å². The molecule has 0 unspecified atom stereocenters. The summed E-state index contributed by atoms with van der Waals surface area (Å²) in [5.41, 5.74) is -0.516. The number of nitrogens with one attached hydrogen (secondary N) is 2. The van der Waals surface area contributed by atoms with Crippen molar-refractivity contribution in [1.29, 1.82) is 0 Å². The van der Waals surface area contributed by atoms with Crippen molar-refractivity contribution in [2.45, 2.75) is 13.8 Å². The van der Waals surface area contributed by atoms with Crippen LogP contribution in [0.15, 0.2) is 12.4 Å². The number of anilines is 1. The van der Waals surface area contributed by atoms with Gasteiger partial charge in [0.2, 0.25) is 11.9 Å². The Balaban J connectivity index is 2.57. The van der Waals surface area contributed by atoms with E-state index in [0.29, 0.717) is 17.5 Å². The van der Waals surface area contributed by atoms with E-state index in [1.807, 2.05) is 13.8 Å². The molecule has 0 aliphatic rings. The molecule has 0 aliphatic heterocycles. The van der Waals surface area contributed by atoms with E-state index in [1.54, 1.807) is 7.05 Å². The smallest absolute Gasteiger partial charge is 0.227 e. The zero-order chi connectivity index (χ0) is 12.2. The van der Waals surface area contributed by atoms with Crippen molar-refractivity contribution in [3.8, 4) is 0 Å². The van der Waals surface area contributed by atoms with Crippen LogP contribution in [0.2, 0.25) is 5.02 Å². The quantitative estimate of drug-likeness (QED) is 0.836. The minimum Gasteiger partial charge on any atom is -0.359 e. The van der Waals surface area contributed by atoms with E-state index in [9.17, 15) is 4.79 Å². The van der Waals surface area contributed by atoms with Crippen LogP contribution in [0.5, 0.6) is 0 Å². The lowest BCUT2D eigenvalue weighted by Gasteiger charge is -2.22. The molecule has 0 bridgehead atoms. The predicted molar refractivity (Wildman–Crippen MR) is 63.4 cm³/mol. The van der Waals surface area contributed by atoms with Gasteiger partial charge in [0.05, 0.1) is 22.8 Å². The Morgan fingerprint density at radius 3 is 2.50 bits per heavy atom. The fourth-order valence-electron chi connectivity index (χ4n) is 1.12. The third-order valence-electron chi connectivity index (χ3n) is 2.15. The Bertz CT molecular complexity index is 364. The summed E-state index contributed by atoms with van der Waals surface area (Å²) in [5.74, 6) is 0.426. The molecule has 1 rings (SSSR count). The Hall–Kier alpha value is -1.36. The molecule has 1 aromatic heterocycles. The highest BCUT2D eigenvalue weighted by atomic mass is 35.5. The Kier molecular flexibility index (Phi) is 4.06. The van der Waals surface area contributed by atoms with Crippen LogP contribution in [-0.2, 0) is 4.79 Å². The van der Waals surface area contributed by atoms with Gasteiger partial charge in [-0.3, -0.25) is 4.79 Å². The average Bonchev–Trinajstić information content (AvgIpc) is 2.27. The van der Waals surface area contributed by atoms with Gasteiger partial charge >= 0.3 is 0 Å². The molecular formula is C10H15ClN4O. The summed E-state index contributed by atoms with van der Waals surface area (Å²) in [6.45, 7) is 4.14. The first-order valence-corrected chi connectivity index (χ1v) is 5.27. The molecule has 0 radical (unpaired) electrons. The van der Waals surface area contributed by atoms with E-state index in [-0.39, 0.29) is 5.91 Å². The van der Waals surface area contributed by atoms with Gasteiger partial charge in [-0.25, -0.2) is 9.97 Å². The van der Waals surface area contributed by atoms with Crippen molar-refractivity contribution in [3.05, 3.63) is 17.4 Å². The molecule has 5 nitrogen and oxygen atoms in total. The molecule has 1 amide bonds. The molecule has 0 saturated carbocycles. The number of carbonyl (C=O) groups is 1. The van der Waals surface area contributed by atoms with E-state index in [1.165, 1.54) is 12.4 Å². The summed E-state index contributed by atoms with van der Waals surface area (Å²) in [4.78, 5) is 19.5. The van der Waals surface area contributed by atoms with Crippen molar-refractivity contribution in [2.24, 2.45) is 5.41 Å². The van der Waals surface area contributed by atoms with Crippen LogP contribution in [0, 0.1) is 5.41 Å². The number of carbonyl (C=O) groups excluding carboxylic acids is 1. The van der Waals surface area contributed by atoms with E-state index in [2.05, 4.69) is 20.6 Å². The van der Waals surface area contributed by atoms with Crippen LogP contribution in [-0.4, -0.2) is 29.5 Å². The Morgan fingerprint density at radius 2 is 2.00 bits per heavy atom. The molecule has 0 saturated heterocycles. The molecule has 0 atom stereocenters. The SMILES string of the molecule is CNC(=O)C(C)(C)CNc1ncc(Cl)cn1. The van der Waals surface area contributed by atoms with E-state index < -0.39 is 5.41 Å². The zero-order valence-corrected chi connectivity index (χ0v) is 10.3. The van der Waals surface area contributed by atoms with Crippen LogP contribution < -0.4 is 10.6 Å². The number of amides is 1. The van der Waals surface area contributed by atoms with Gasteiger partial charge in [0.25, 0.3) is 0 Å². The predicted octanol–water partition coefficient (Wildman–Crippen LogP) is 1.31. The van der Waals surface area contributed by atoms with Crippen LogP contribution in [0.1, 0.15) is 13.8 Å². The summed E-state index contributed by atoms with van der Waals surface area (Å²) in [6.07, 6.45) is 3.01. The summed E-state index contributed by atoms with van der Waals surface area (Å²) in [5, 5.41) is 6.08. The van der Waals surface area contributed by atoms with Crippen molar-refractivity contribution in [2.75, 3.05) is 18.9 Å². The fraction of sp³-hybridized carbons (Fsp3) is 0.500. The van der Waals surface area contributed by atoms with Gasteiger partial charge in [0, 0.05) is 13.6 Å². The normalized spacial score (nSPS) is 11.0. The third-order valence-corrected chi connectivity index (χ3v) is 2.35. The minimum atomic E-state index is -0.516. The minimum absolute atomic E-state index is 0.0334. The van der Waals surface area contributed by atoms with E-state index >= 15 is 0 Å². The van der Waals surface area contributed by atoms with Crippen LogP contribution in [0.4, 0.5) is 5.95 Å². The van der Waals surface area contributed by atoms with Gasteiger partial charge in [-0.15, -0.1) is 0 Å². The van der Waals surface area contributed by atoms with Crippen LogP contribution >= 0.6 is 11.6 Å². The first-order chi connectivity index (χ1) is 7.45. The van der Waals surface area contributed by atoms with E-state index in [0.717, 1.165) is 0 Å². The molecule has 0 spiro atoms. The summed E-state index contributed by atoms with van der Waals surface area (Å²) in [6, 6.07) is 0. The number of hydrogen-bond acceptors (Lipinski definition) is 4. The number of hydrogen-bond donors (Lipinski definition) is 2. The highest BCUT2D eigenvalue weighted by Crippen LogP contribution is 2.15. The summed E-state index contributed by atoms with van der Waals surface area (Å²) < 4.78 is 0. The molecule has 0 fully saturated rings. The first-order valence-electron chi connectivity index (χ1n) is 4.89. The third kappa shape index (κ3) is 3.34. The molecule has 6 heteroatoms. The maximum absolute atomic E-state index is 11.5. The zero-order valence-electron chi connectivity index (χ0n) is 9.54. The topological polar surface area (TPSA) is 66.9 Å². The highest BCUT2D eigenvalue weighted by molar-refractivity contribution is 6.30. The second kappa shape index (κ2) is 5.12. The second-order valence-corrected chi connectivity index (χ2v) is 4.48. The first kappa shape index (κ1) is 12.7. The largest absolute Gasteiger partial charge is 0.359 e. The standard InChI is InChI=1S/C10H15ClN4O/c1-10(2,8(16)12-3)6-15-9-13-4-7(11)5-14-9/h4-5H,6H2,1-3H3,(H,12,16)(H,13,14,15). The maximum atomic E-state index is 11.5. The Morgan fingerprint density at radius 1 is 1.44 bits per heavy atom. The maximum Gasteiger partial charge on any atom is 0.227 e. The highest BCUT2D eigenvalue weighted by Gasteiger charge is 2.26. The Labute approximate surface area is 99.6 Å². The molecule has 1 heterocycles. The van der Waals surface area contributed by atoms with Crippen molar-refractivity contribution in [1.82, 2.24) is 15.3 Å². The summed E-state index contributed by atoms with van der Waals surface area (Å²) in [7, 11) is 1.61. The van der Waals surface area contributed by atoms with Gasteiger partial charge in [-0.2, -0.15) is 0 Å². The van der Waals surface area contributed by atoms with Gasteiger partial charge in [-0.1, -0.05) is 11.6 Å². The molecular weight excluding hydrogens is 228 g/mol. The molecule has 16 heavy (non-hydrogen) atoms. The fourth-order valence-corrected chi connectivity index (χ4v) is 1.22. The van der Waals surface area contributed by atoms with Gasteiger partial charge in [0.15, 0.2) is 0 Å². The van der Waals surface area contributed by atoms with Crippen molar-refractivity contribution in [3.63, 3.8) is 0 Å². The van der Waals surface area contributed by atoms with Crippen molar-refractivity contribution >= 4 is 23.5 Å². The monoisotopic (exact) mass is 242 g/mol. The number of aromatic nitrogens is 2. The molecule has 0 aliphatic carbocycles. The van der Waals surface area contributed by atoms with Crippen LogP contribution in [0.3, 0.4) is 0 Å². The number of halogens is 1. The average molecular weight is 243 g/mol. The van der Waals surface area contributed by atoms with Gasteiger partial charge in [-0.05, 0) is 13.8 Å². The summed E-state index contributed by atoms with van der Waals surface area (Å²) >= 11 is 5.66. The molecule has 0 aromatic carbocycles. The molecule has 1 aromatic rings. The van der Waals surface area contributed by atoms with E-state index in [4.69, 9.17) is 11.6 Å². The lowest BCUT2D eigenvalue weighted by atomic mass is 9.92. The lowest BCUT2D eigenvalue weighted by molar-refractivity contribution is -0.128. The lowest BCUT2D eigenvalue weighted by Crippen LogP contribution is -2.39. The molecule has 2 N–H and O–H groups in total. The van der Waals surface area contributed by atoms with Crippen molar-refractivity contribution < 1.29 is 4.79 Å². The second-order valence-electron chi connectivity index (χ2n) is 4.04. The van der Waals surface area contributed by atoms with Gasteiger partial charge < -0.3 is 10.6 Å². The number of nitrogens with zero attached hydrogens (tertiary/aromatic N) is 2.